The molecule has 1 fully saturated rings. The van der Waals surface area contributed by atoms with Crippen LogP contribution in [0.25, 0.3) is 5.78 Å². The fourth-order valence-corrected chi connectivity index (χ4v) is 2.36. The van der Waals surface area contributed by atoms with Gasteiger partial charge in [-0.2, -0.15) is 14.6 Å². The van der Waals surface area contributed by atoms with Crippen molar-refractivity contribution in [2.45, 2.75) is 38.8 Å². The molecule has 2 aromatic heterocycles. The van der Waals surface area contributed by atoms with Gasteiger partial charge in [-0.3, -0.25) is 0 Å². The maximum Gasteiger partial charge on any atom is 0.254 e. The molecule has 3 rings (SSSR count). The van der Waals surface area contributed by atoms with Crippen molar-refractivity contribution in [2.75, 3.05) is 11.9 Å². The molecule has 3 heterocycles. The standard InChI is InChI=1S/C12H17N5O/c1-8-6-11(17-12(15-8)13-7-14-17)16-9(2)10-4-3-5-18-10/h6-7,9-10,16H,3-5H2,1-2H3/t9-,10+/m1/s1. The third-order valence-electron chi connectivity index (χ3n) is 3.28. The van der Waals surface area contributed by atoms with Crippen LogP contribution in [0.5, 0.6) is 0 Å². The third-order valence-corrected chi connectivity index (χ3v) is 3.28. The maximum atomic E-state index is 5.69. The molecule has 0 amide bonds. The van der Waals surface area contributed by atoms with Gasteiger partial charge in [0, 0.05) is 18.4 Å². The number of hydrogen-bond acceptors (Lipinski definition) is 5. The molecule has 0 unspecified atom stereocenters. The van der Waals surface area contributed by atoms with Gasteiger partial charge in [0.25, 0.3) is 5.78 Å². The maximum absolute atomic E-state index is 5.69. The number of nitrogens with zero attached hydrogens (tertiary/aromatic N) is 4. The number of fused-ring (bicyclic) bond motifs is 1. The van der Waals surface area contributed by atoms with Crippen LogP contribution >= 0.6 is 0 Å². The number of nitrogens with one attached hydrogen (secondary N) is 1. The molecule has 1 aliphatic heterocycles. The summed E-state index contributed by atoms with van der Waals surface area (Å²) in [6.45, 7) is 4.95. The van der Waals surface area contributed by atoms with E-state index in [0.29, 0.717) is 5.78 Å². The molecule has 1 N–H and O–H groups in total. The summed E-state index contributed by atoms with van der Waals surface area (Å²) in [6.07, 6.45) is 4.05. The highest BCUT2D eigenvalue weighted by Gasteiger charge is 2.23. The Morgan fingerprint density at radius 1 is 1.56 bits per heavy atom. The summed E-state index contributed by atoms with van der Waals surface area (Å²) in [6, 6.07) is 2.23. The van der Waals surface area contributed by atoms with Crippen LogP contribution in [0.2, 0.25) is 0 Å². The summed E-state index contributed by atoms with van der Waals surface area (Å²) in [7, 11) is 0. The van der Waals surface area contributed by atoms with E-state index in [4.69, 9.17) is 4.74 Å². The fraction of sp³-hybridized carbons (Fsp3) is 0.583. The molecule has 1 saturated heterocycles. The first-order valence-corrected chi connectivity index (χ1v) is 6.29. The summed E-state index contributed by atoms with van der Waals surface area (Å²) in [5, 5.41) is 7.63. The van der Waals surface area contributed by atoms with Gasteiger partial charge in [-0.15, -0.1) is 0 Å². The van der Waals surface area contributed by atoms with Crippen LogP contribution in [0.3, 0.4) is 0 Å². The van der Waals surface area contributed by atoms with Gasteiger partial charge >= 0.3 is 0 Å². The lowest BCUT2D eigenvalue weighted by atomic mass is 10.1. The van der Waals surface area contributed by atoms with Crippen molar-refractivity contribution in [3.63, 3.8) is 0 Å². The van der Waals surface area contributed by atoms with E-state index in [1.54, 1.807) is 4.52 Å². The molecule has 6 nitrogen and oxygen atoms in total. The van der Waals surface area contributed by atoms with Crippen molar-refractivity contribution >= 4 is 11.6 Å². The first-order valence-electron chi connectivity index (χ1n) is 6.29. The van der Waals surface area contributed by atoms with Crippen molar-refractivity contribution in [2.24, 2.45) is 0 Å². The van der Waals surface area contributed by atoms with Crippen LogP contribution in [0.15, 0.2) is 12.4 Å². The van der Waals surface area contributed by atoms with Crippen LogP contribution in [0, 0.1) is 6.92 Å². The smallest absolute Gasteiger partial charge is 0.254 e. The van der Waals surface area contributed by atoms with Crippen molar-refractivity contribution in [3.05, 3.63) is 18.1 Å². The molecular weight excluding hydrogens is 230 g/mol. The molecule has 0 aromatic carbocycles. The second-order valence-electron chi connectivity index (χ2n) is 4.74. The van der Waals surface area contributed by atoms with Gasteiger partial charge in [-0.25, -0.2) is 4.98 Å². The highest BCUT2D eigenvalue weighted by atomic mass is 16.5. The summed E-state index contributed by atoms with van der Waals surface area (Å²) in [5.74, 6) is 1.54. The van der Waals surface area contributed by atoms with Gasteiger partial charge in [0.1, 0.15) is 12.1 Å². The van der Waals surface area contributed by atoms with E-state index in [2.05, 4.69) is 27.3 Å². The quantitative estimate of drug-likeness (QED) is 0.888. The lowest BCUT2D eigenvalue weighted by Crippen LogP contribution is -2.31. The Hall–Kier alpha value is -1.69. The monoisotopic (exact) mass is 247 g/mol. The number of aryl methyl sites for hydroxylation is 1. The molecule has 18 heavy (non-hydrogen) atoms. The number of hydrogen-bond donors (Lipinski definition) is 1. The van der Waals surface area contributed by atoms with Crippen molar-refractivity contribution in [3.8, 4) is 0 Å². The van der Waals surface area contributed by atoms with Gasteiger partial charge in [-0.1, -0.05) is 0 Å². The van der Waals surface area contributed by atoms with E-state index in [-0.39, 0.29) is 12.1 Å². The van der Waals surface area contributed by atoms with Gasteiger partial charge in [0.2, 0.25) is 0 Å². The van der Waals surface area contributed by atoms with Crippen LogP contribution in [0.4, 0.5) is 5.82 Å². The van der Waals surface area contributed by atoms with E-state index >= 15 is 0 Å². The summed E-state index contributed by atoms with van der Waals surface area (Å²) >= 11 is 0. The predicted molar refractivity (Wildman–Crippen MR) is 67.6 cm³/mol. The minimum Gasteiger partial charge on any atom is -0.376 e. The van der Waals surface area contributed by atoms with E-state index in [9.17, 15) is 0 Å². The number of aromatic nitrogens is 4. The Morgan fingerprint density at radius 2 is 2.44 bits per heavy atom. The zero-order valence-electron chi connectivity index (χ0n) is 10.6. The highest BCUT2D eigenvalue weighted by Crippen LogP contribution is 2.19. The van der Waals surface area contributed by atoms with Crippen LogP contribution in [-0.2, 0) is 4.74 Å². The minimum absolute atomic E-state index is 0.252. The molecule has 6 heteroatoms. The molecule has 2 atom stereocenters. The van der Waals surface area contributed by atoms with Crippen LogP contribution < -0.4 is 5.32 Å². The van der Waals surface area contributed by atoms with E-state index in [1.165, 1.54) is 6.33 Å². The van der Waals surface area contributed by atoms with Gasteiger partial charge < -0.3 is 10.1 Å². The predicted octanol–water partition coefficient (Wildman–Crippen LogP) is 1.41. The molecular formula is C12H17N5O. The van der Waals surface area contributed by atoms with E-state index < -0.39 is 0 Å². The average Bonchev–Trinajstić information content (AvgIpc) is 2.98. The lowest BCUT2D eigenvalue weighted by molar-refractivity contribution is 0.0995. The normalized spacial score (nSPS) is 21.3. The van der Waals surface area contributed by atoms with Crippen molar-refractivity contribution in [1.29, 1.82) is 0 Å². The Kier molecular flexibility index (Phi) is 2.87. The Balaban J connectivity index is 1.86. The Bertz CT molecular complexity index is 546. The SMILES string of the molecule is Cc1cc(N[C@H](C)[C@@H]2CCCO2)n2ncnc2n1. The molecule has 0 aliphatic carbocycles. The second-order valence-corrected chi connectivity index (χ2v) is 4.74. The fourth-order valence-electron chi connectivity index (χ4n) is 2.36. The Morgan fingerprint density at radius 3 is 3.22 bits per heavy atom. The van der Waals surface area contributed by atoms with Gasteiger partial charge in [0.15, 0.2) is 0 Å². The summed E-state index contributed by atoms with van der Waals surface area (Å²) in [4.78, 5) is 8.43. The number of ether oxygens (including phenoxy) is 1. The van der Waals surface area contributed by atoms with Crippen molar-refractivity contribution < 1.29 is 4.74 Å². The molecule has 0 saturated carbocycles. The Labute approximate surface area is 105 Å². The van der Waals surface area contributed by atoms with E-state index in [1.807, 2.05) is 13.0 Å². The lowest BCUT2D eigenvalue weighted by Gasteiger charge is -2.21. The largest absolute Gasteiger partial charge is 0.376 e. The second kappa shape index (κ2) is 4.53. The summed E-state index contributed by atoms with van der Waals surface area (Å²) in [5.41, 5.74) is 0.928. The third kappa shape index (κ3) is 2.03. The van der Waals surface area contributed by atoms with Gasteiger partial charge in [-0.05, 0) is 26.7 Å². The molecule has 2 aromatic rings. The topological polar surface area (TPSA) is 64.3 Å². The van der Waals surface area contributed by atoms with E-state index in [0.717, 1.165) is 31.0 Å². The zero-order valence-corrected chi connectivity index (χ0v) is 10.6. The molecule has 0 spiro atoms. The highest BCUT2D eigenvalue weighted by molar-refractivity contribution is 5.45. The molecule has 0 radical (unpaired) electrons. The number of rotatable bonds is 3. The zero-order chi connectivity index (χ0) is 12.5. The molecule has 1 aliphatic rings. The number of anilines is 1. The van der Waals surface area contributed by atoms with Crippen molar-refractivity contribution in [1.82, 2.24) is 19.6 Å². The first kappa shape index (κ1) is 11.4. The molecule has 96 valence electrons. The first-order chi connectivity index (χ1) is 8.74. The van der Waals surface area contributed by atoms with Gasteiger partial charge in [0.05, 0.1) is 12.1 Å². The minimum atomic E-state index is 0.252. The average molecular weight is 247 g/mol. The van der Waals surface area contributed by atoms with Crippen LogP contribution in [0.1, 0.15) is 25.5 Å². The molecule has 0 bridgehead atoms. The summed E-state index contributed by atoms with van der Waals surface area (Å²) < 4.78 is 7.41. The van der Waals surface area contributed by atoms with Crippen LogP contribution in [-0.4, -0.2) is 38.3 Å².